The molecule has 0 aromatic heterocycles. The molecule has 1 amide bonds. The Balaban J connectivity index is 1.95. The van der Waals surface area contributed by atoms with Crippen LogP contribution in [-0.2, 0) is 14.8 Å². The van der Waals surface area contributed by atoms with Gasteiger partial charge in [-0.15, -0.1) is 0 Å². The first-order valence-electron chi connectivity index (χ1n) is 9.92. The van der Waals surface area contributed by atoms with Gasteiger partial charge in [-0.1, -0.05) is 24.3 Å². The molecule has 168 valence electrons. The number of nitrogens with zero attached hydrogens (tertiary/aromatic N) is 1. The third kappa shape index (κ3) is 5.20. The zero-order valence-electron chi connectivity index (χ0n) is 18.5. The second kappa shape index (κ2) is 9.74. The fourth-order valence-electron chi connectivity index (χ4n) is 3.37. The summed E-state index contributed by atoms with van der Waals surface area (Å²) >= 11 is 0. The van der Waals surface area contributed by atoms with E-state index >= 15 is 0 Å². The third-order valence-electron chi connectivity index (χ3n) is 4.78. The van der Waals surface area contributed by atoms with E-state index in [-0.39, 0.29) is 4.90 Å². The summed E-state index contributed by atoms with van der Waals surface area (Å²) in [6.07, 6.45) is 0. The second-order valence-electron chi connectivity index (χ2n) is 7.29. The van der Waals surface area contributed by atoms with Crippen molar-refractivity contribution in [3.63, 3.8) is 0 Å². The Bertz CT molecular complexity index is 1190. The van der Waals surface area contributed by atoms with E-state index in [9.17, 15) is 13.2 Å². The Hall–Kier alpha value is -3.52. The molecule has 0 fully saturated rings. The lowest BCUT2D eigenvalue weighted by atomic mass is 10.1. The lowest BCUT2D eigenvalue weighted by molar-refractivity contribution is -0.114. The molecule has 3 rings (SSSR count). The van der Waals surface area contributed by atoms with Crippen LogP contribution in [0.25, 0.3) is 0 Å². The highest BCUT2D eigenvalue weighted by molar-refractivity contribution is 7.92. The molecule has 0 aliphatic carbocycles. The Morgan fingerprint density at radius 1 is 0.875 bits per heavy atom. The maximum absolute atomic E-state index is 13.4. The predicted octanol–water partition coefficient (Wildman–Crippen LogP) is 4.15. The summed E-state index contributed by atoms with van der Waals surface area (Å²) in [5.74, 6) is 0.485. The van der Waals surface area contributed by atoms with E-state index in [2.05, 4.69) is 5.32 Å². The van der Waals surface area contributed by atoms with Gasteiger partial charge in [-0.2, -0.15) is 0 Å². The average molecular weight is 455 g/mol. The Morgan fingerprint density at radius 2 is 1.50 bits per heavy atom. The standard InChI is InChI=1S/C24H26N2O5S/c1-17-12-18(2)14-20(13-17)26(32(28,29)21-8-6-5-7-9-21)16-24(27)25-19-10-11-22(30-3)23(15-19)31-4/h5-15H,16H2,1-4H3,(H,25,27). The van der Waals surface area contributed by atoms with E-state index in [1.54, 1.807) is 48.5 Å². The summed E-state index contributed by atoms with van der Waals surface area (Å²) in [6, 6.07) is 18.4. The lowest BCUT2D eigenvalue weighted by Gasteiger charge is -2.25. The molecule has 0 radical (unpaired) electrons. The van der Waals surface area contributed by atoms with E-state index in [0.29, 0.717) is 22.9 Å². The van der Waals surface area contributed by atoms with E-state index in [4.69, 9.17) is 9.47 Å². The molecule has 8 heteroatoms. The maximum atomic E-state index is 13.4. The highest BCUT2D eigenvalue weighted by atomic mass is 32.2. The van der Waals surface area contributed by atoms with E-state index in [1.165, 1.54) is 26.4 Å². The molecule has 1 N–H and O–H groups in total. The number of nitrogens with one attached hydrogen (secondary N) is 1. The molecular weight excluding hydrogens is 428 g/mol. The van der Waals surface area contributed by atoms with Crippen molar-refractivity contribution in [3.8, 4) is 11.5 Å². The maximum Gasteiger partial charge on any atom is 0.264 e. The van der Waals surface area contributed by atoms with Gasteiger partial charge >= 0.3 is 0 Å². The highest BCUT2D eigenvalue weighted by Gasteiger charge is 2.27. The lowest BCUT2D eigenvalue weighted by Crippen LogP contribution is -2.38. The molecule has 0 saturated heterocycles. The van der Waals surface area contributed by atoms with Crippen molar-refractivity contribution < 1.29 is 22.7 Å². The number of hydrogen-bond donors (Lipinski definition) is 1. The van der Waals surface area contributed by atoms with Gasteiger partial charge in [-0.05, 0) is 61.4 Å². The summed E-state index contributed by atoms with van der Waals surface area (Å²) in [7, 11) is -0.953. The minimum atomic E-state index is -3.97. The molecule has 0 saturated carbocycles. The number of carbonyl (C=O) groups is 1. The molecule has 0 aliphatic rings. The number of hydrogen-bond acceptors (Lipinski definition) is 5. The van der Waals surface area contributed by atoms with Crippen molar-refractivity contribution in [1.82, 2.24) is 0 Å². The van der Waals surface area contributed by atoms with Crippen LogP contribution in [0.1, 0.15) is 11.1 Å². The molecule has 0 bridgehead atoms. The van der Waals surface area contributed by atoms with Crippen LogP contribution >= 0.6 is 0 Å². The molecule has 0 unspecified atom stereocenters. The molecule has 0 spiro atoms. The van der Waals surface area contributed by atoms with Crippen LogP contribution in [0.5, 0.6) is 11.5 Å². The fraction of sp³-hybridized carbons (Fsp3) is 0.208. The smallest absolute Gasteiger partial charge is 0.264 e. The van der Waals surface area contributed by atoms with Crippen LogP contribution in [-0.4, -0.2) is 35.1 Å². The monoisotopic (exact) mass is 454 g/mol. The zero-order valence-corrected chi connectivity index (χ0v) is 19.3. The van der Waals surface area contributed by atoms with E-state index in [1.807, 2.05) is 19.9 Å². The molecule has 32 heavy (non-hydrogen) atoms. The molecular formula is C24H26N2O5S. The van der Waals surface area contributed by atoms with E-state index in [0.717, 1.165) is 15.4 Å². The minimum Gasteiger partial charge on any atom is -0.493 e. The largest absolute Gasteiger partial charge is 0.493 e. The van der Waals surface area contributed by atoms with Crippen molar-refractivity contribution in [2.75, 3.05) is 30.4 Å². The van der Waals surface area contributed by atoms with Crippen LogP contribution in [0, 0.1) is 13.8 Å². The van der Waals surface area contributed by atoms with Crippen molar-refractivity contribution in [2.24, 2.45) is 0 Å². The first kappa shape index (κ1) is 23.1. The van der Waals surface area contributed by atoms with Gasteiger partial charge in [0.25, 0.3) is 10.0 Å². The van der Waals surface area contributed by atoms with Crippen molar-refractivity contribution in [1.29, 1.82) is 0 Å². The van der Waals surface area contributed by atoms with Crippen LogP contribution in [0.15, 0.2) is 71.6 Å². The fourth-order valence-corrected chi connectivity index (χ4v) is 4.80. The van der Waals surface area contributed by atoms with Crippen LogP contribution in [0.2, 0.25) is 0 Å². The van der Waals surface area contributed by atoms with Gasteiger partial charge in [-0.25, -0.2) is 8.42 Å². The number of ether oxygens (including phenoxy) is 2. The van der Waals surface area contributed by atoms with Gasteiger partial charge in [0, 0.05) is 11.8 Å². The summed E-state index contributed by atoms with van der Waals surface area (Å²) in [5, 5.41) is 2.74. The summed E-state index contributed by atoms with van der Waals surface area (Å²) in [6.45, 7) is 3.37. The number of amides is 1. The summed E-state index contributed by atoms with van der Waals surface area (Å²) in [5.41, 5.74) is 2.68. The van der Waals surface area contributed by atoms with Crippen LogP contribution in [0.4, 0.5) is 11.4 Å². The van der Waals surface area contributed by atoms with E-state index < -0.39 is 22.5 Å². The molecule has 7 nitrogen and oxygen atoms in total. The Kier molecular flexibility index (Phi) is 7.05. The SMILES string of the molecule is COc1ccc(NC(=O)CN(c2cc(C)cc(C)c2)S(=O)(=O)c2ccccc2)cc1OC. The van der Waals surface area contributed by atoms with Gasteiger partial charge in [-0.3, -0.25) is 9.10 Å². The third-order valence-corrected chi connectivity index (χ3v) is 6.57. The zero-order chi connectivity index (χ0) is 23.3. The van der Waals surface area contributed by atoms with Crippen molar-refractivity contribution in [3.05, 3.63) is 77.9 Å². The molecule has 3 aromatic rings. The predicted molar refractivity (Wildman–Crippen MR) is 125 cm³/mol. The Morgan fingerprint density at radius 3 is 2.09 bits per heavy atom. The minimum absolute atomic E-state index is 0.109. The number of aryl methyl sites for hydroxylation is 2. The number of benzene rings is 3. The van der Waals surface area contributed by atoms with Gasteiger partial charge in [0.1, 0.15) is 6.54 Å². The number of methoxy groups -OCH3 is 2. The average Bonchev–Trinajstić information content (AvgIpc) is 2.77. The topological polar surface area (TPSA) is 84.9 Å². The quantitative estimate of drug-likeness (QED) is 0.553. The number of carbonyl (C=O) groups excluding carboxylic acids is 1. The van der Waals surface area contributed by atoms with Gasteiger partial charge < -0.3 is 14.8 Å². The van der Waals surface area contributed by atoms with Crippen molar-refractivity contribution >= 4 is 27.3 Å². The van der Waals surface area contributed by atoms with Gasteiger partial charge in [0.05, 0.1) is 24.8 Å². The van der Waals surface area contributed by atoms with Crippen LogP contribution in [0.3, 0.4) is 0 Å². The van der Waals surface area contributed by atoms with Crippen LogP contribution < -0.4 is 19.1 Å². The highest BCUT2D eigenvalue weighted by Crippen LogP contribution is 2.30. The molecule has 0 atom stereocenters. The Labute approximate surface area is 188 Å². The first-order chi connectivity index (χ1) is 15.2. The first-order valence-corrected chi connectivity index (χ1v) is 11.4. The summed E-state index contributed by atoms with van der Waals surface area (Å²) < 4.78 is 38.5. The van der Waals surface area contributed by atoms with Gasteiger partial charge in [0.2, 0.25) is 5.91 Å². The van der Waals surface area contributed by atoms with Gasteiger partial charge in [0.15, 0.2) is 11.5 Å². The normalized spacial score (nSPS) is 11.0. The second-order valence-corrected chi connectivity index (χ2v) is 9.15. The number of sulfonamides is 1. The molecule has 0 heterocycles. The van der Waals surface area contributed by atoms with Crippen molar-refractivity contribution in [2.45, 2.75) is 18.7 Å². The summed E-state index contributed by atoms with van der Waals surface area (Å²) in [4.78, 5) is 13.0. The molecule has 0 aliphatic heterocycles. The number of rotatable bonds is 8. The number of anilines is 2. The molecule has 3 aromatic carbocycles.